The second-order valence-corrected chi connectivity index (χ2v) is 6.94. The molecule has 0 N–H and O–H groups in total. The third-order valence-corrected chi connectivity index (χ3v) is 3.96. The van der Waals surface area contributed by atoms with Gasteiger partial charge in [-0.3, -0.25) is 4.90 Å². The van der Waals surface area contributed by atoms with Crippen molar-refractivity contribution in [3.05, 3.63) is 35.9 Å². The van der Waals surface area contributed by atoms with E-state index in [1.807, 2.05) is 31.7 Å². The van der Waals surface area contributed by atoms with Gasteiger partial charge in [0.25, 0.3) is 0 Å². The van der Waals surface area contributed by atoms with E-state index in [-0.39, 0.29) is 6.09 Å². The van der Waals surface area contributed by atoms with E-state index in [0.29, 0.717) is 6.04 Å². The third-order valence-electron chi connectivity index (χ3n) is 3.96. The maximum atomic E-state index is 12.2. The van der Waals surface area contributed by atoms with Crippen LogP contribution in [0.4, 0.5) is 4.79 Å². The standard InChI is InChI=1S/C18H28N2O2/c1-5-16-14-20(17(21)22-18(2,3)4)12-11-19(16)13-15-9-7-6-8-10-15/h6-10,16H,5,11-14H2,1-4H3/t16-/m1/s1. The Morgan fingerprint density at radius 1 is 1.23 bits per heavy atom. The zero-order valence-corrected chi connectivity index (χ0v) is 14.2. The predicted molar refractivity (Wildman–Crippen MR) is 88.7 cm³/mol. The Morgan fingerprint density at radius 3 is 2.50 bits per heavy atom. The van der Waals surface area contributed by atoms with E-state index in [9.17, 15) is 4.79 Å². The highest BCUT2D eigenvalue weighted by molar-refractivity contribution is 5.68. The van der Waals surface area contributed by atoms with Crippen molar-refractivity contribution < 1.29 is 9.53 Å². The molecule has 0 unspecified atom stereocenters. The van der Waals surface area contributed by atoms with E-state index in [1.165, 1.54) is 5.56 Å². The lowest BCUT2D eigenvalue weighted by Gasteiger charge is -2.41. The Labute approximate surface area is 134 Å². The van der Waals surface area contributed by atoms with Gasteiger partial charge >= 0.3 is 6.09 Å². The fourth-order valence-corrected chi connectivity index (χ4v) is 2.80. The van der Waals surface area contributed by atoms with Gasteiger partial charge < -0.3 is 9.64 Å². The summed E-state index contributed by atoms with van der Waals surface area (Å²) in [5, 5.41) is 0. The molecule has 1 aliphatic heterocycles. The molecular formula is C18H28N2O2. The van der Waals surface area contributed by atoms with Gasteiger partial charge in [-0.1, -0.05) is 37.3 Å². The summed E-state index contributed by atoms with van der Waals surface area (Å²) in [5.41, 5.74) is 0.895. The van der Waals surface area contributed by atoms with Crippen molar-refractivity contribution in [2.24, 2.45) is 0 Å². The fourth-order valence-electron chi connectivity index (χ4n) is 2.80. The summed E-state index contributed by atoms with van der Waals surface area (Å²) in [6.45, 7) is 11.2. The molecule has 1 aromatic rings. The number of hydrogen-bond acceptors (Lipinski definition) is 3. The van der Waals surface area contributed by atoms with Gasteiger partial charge in [0.1, 0.15) is 5.60 Å². The molecule has 22 heavy (non-hydrogen) atoms. The zero-order chi connectivity index (χ0) is 16.2. The van der Waals surface area contributed by atoms with E-state index in [2.05, 4.69) is 36.1 Å². The van der Waals surface area contributed by atoms with Gasteiger partial charge in [-0.05, 0) is 32.8 Å². The van der Waals surface area contributed by atoms with Gasteiger partial charge in [0.2, 0.25) is 0 Å². The molecule has 4 nitrogen and oxygen atoms in total. The lowest BCUT2D eigenvalue weighted by molar-refractivity contribution is 0.00193. The molecular weight excluding hydrogens is 276 g/mol. The van der Waals surface area contributed by atoms with Crippen LogP contribution in [0.25, 0.3) is 0 Å². The van der Waals surface area contributed by atoms with Crippen LogP contribution in [0, 0.1) is 0 Å². The molecule has 0 bridgehead atoms. The average molecular weight is 304 g/mol. The molecule has 4 heteroatoms. The van der Waals surface area contributed by atoms with Crippen LogP contribution < -0.4 is 0 Å². The second kappa shape index (κ2) is 7.14. The van der Waals surface area contributed by atoms with Gasteiger partial charge in [0.15, 0.2) is 0 Å². The van der Waals surface area contributed by atoms with Crippen LogP contribution in [0.5, 0.6) is 0 Å². The van der Waals surface area contributed by atoms with Crippen LogP contribution >= 0.6 is 0 Å². The first-order valence-electron chi connectivity index (χ1n) is 8.15. The minimum atomic E-state index is -0.431. The van der Waals surface area contributed by atoms with E-state index in [1.54, 1.807) is 0 Å². The highest BCUT2D eigenvalue weighted by Crippen LogP contribution is 2.18. The van der Waals surface area contributed by atoms with E-state index in [0.717, 1.165) is 32.6 Å². The summed E-state index contributed by atoms with van der Waals surface area (Å²) < 4.78 is 5.49. The maximum absolute atomic E-state index is 12.2. The van der Waals surface area contributed by atoms with E-state index >= 15 is 0 Å². The molecule has 0 radical (unpaired) electrons. The maximum Gasteiger partial charge on any atom is 0.410 e. The van der Waals surface area contributed by atoms with Gasteiger partial charge in [-0.25, -0.2) is 4.79 Å². The smallest absolute Gasteiger partial charge is 0.410 e. The summed E-state index contributed by atoms with van der Waals surface area (Å²) in [6, 6.07) is 10.9. The first-order valence-corrected chi connectivity index (χ1v) is 8.15. The number of hydrogen-bond donors (Lipinski definition) is 0. The molecule has 0 spiro atoms. The Hall–Kier alpha value is -1.55. The summed E-state index contributed by atoms with van der Waals surface area (Å²) in [6.07, 6.45) is 0.844. The lowest BCUT2D eigenvalue weighted by Crippen LogP contribution is -2.54. The molecule has 122 valence electrons. The van der Waals surface area contributed by atoms with Crippen molar-refractivity contribution in [2.75, 3.05) is 19.6 Å². The van der Waals surface area contributed by atoms with Gasteiger partial charge in [0.05, 0.1) is 0 Å². The Kier molecular flexibility index (Phi) is 5.46. The van der Waals surface area contributed by atoms with Crippen LogP contribution in [-0.2, 0) is 11.3 Å². The molecule has 0 saturated carbocycles. The van der Waals surface area contributed by atoms with Crippen LogP contribution in [0.15, 0.2) is 30.3 Å². The van der Waals surface area contributed by atoms with Crippen molar-refractivity contribution >= 4 is 6.09 Å². The molecule has 0 aromatic heterocycles. The Balaban J connectivity index is 1.95. The number of nitrogens with zero attached hydrogens (tertiary/aromatic N) is 2. The number of piperazine rings is 1. The van der Waals surface area contributed by atoms with E-state index in [4.69, 9.17) is 4.74 Å². The molecule has 1 atom stereocenters. The van der Waals surface area contributed by atoms with Crippen LogP contribution in [0.3, 0.4) is 0 Å². The predicted octanol–water partition coefficient (Wildman–Crippen LogP) is 3.52. The van der Waals surface area contributed by atoms with Crippen molar-refractivity contribution in [3.63, 3.8) is 0 Å². The monoisotopic (exact) mass is 304 g/mol. The second-order valence-electron chi connectivity index (χ2n) is 6.94. The SMILES string of the molecule is CC[C@@H]1CN(C(=O)OC(C)(C)C)CCN1Cc1ccccc1. The van der Waals surface area contributed by atoms with Crippen LogP contribution in [0.1, 0.15) is 39.7 Å². The molecule has 2 rings (SSSR count). The highest BCUT2D eigenvalue weighted by atomic mass is 16.6. The summed E-state index contributed by atoms with van der Waals surface area (Å²) in [7, 11) is 0. The number of ether oxygens (including phenoxy) is 1. The normalized spacial score (nSPS) is 20.0. The van der Waals surface area contributed by atoms with Crippen molar-refractivity contribution in [1.82, 2.24) is 9.80 Å². The molecule has 1 aliphatic rings. The molecule has 1 heterocycles. The summed E-state index contributed by atoms with van der Waals surface area (Å²) >= 11 is 0. The number of benzene rings is 1. The van der Waals surface area contributed by atoms with Crippen LogP contribution in [-0.4, -0.2) is 47.2 Å². The Bertz CT molecular complexity index is 482. The first kappa shape index (κ1) is 16.8. The molecule has 1 aromatic carbocycles. The van der Waals surface area contributed by atoms with Crippen molar-refractivity contribution in [1.29, 1.82) is 0 Å². The molecule has 1 amide bonds. The lowest BCUT2D eigenvalue weighted by atomic mass is 10.1. The fraction of sp³-hybridized carbons (Fsp3) is 0.611. The largest absolute Gasteiger partial charge is 0.444 e. The number of amides is 1. The minimum Gasteiger partial charge on any atom is -0.444 e. The first-order chi connectivity index (χ1) is 10.4. The van der Waals surface area contributed by atoms with Gasteiger partial charge in [-0.2, -0.15) is 0 Å². The average Bonchev–Trinajstić information content (AvgIpc) is 2.47. The number of carbonyl (C=O) groups is 1. The zero-order valence-electron chi connectivity index (χ0n) is 14.2. The number of rotatable bonds is 3. The quantitative estimate of drug-likeness (QED) is 0.856. The third kappa shape index (κ3) is 4.73. The van der Waals surface area contributed by atoms with Crippen molar-refractivity contribution in [2.45, 2.75) is 52.3 Å². The Morgan fingerprint density at radius 2 is 1.91 bits per heavy atom. The topological polar surface area (TPSA) is 32.8 Å². The van der Waals surface area contributed by atoms with Gasteiger partial charge in [-0.15, -0.1) is 0 Å². The van der Waals surface area contributed by atoms with Crippen LogP contribution in [0.2, 0.25) is 0 Å². The minimum absolute atomic E-state index is 0.190. The molecule has 1 fully saturated rings. The molecule has 1 saturated heterocycles. The van der Waals surface area contributed by atoms with Gasteiger partial charge in [0, 0.05) is 32.2 Å². The molecule has 0 aliphatic carbocycles. The highest BCUT2D eigenvalue weighted by Gasteiger charge is 2.30. The summed E-state index contributed by atoms with van der Waals surface area (Å²) in [5.74, 6) is 0. The van der Waals surface area contributed by atoms with Crippen molar-refractivity contribution in [3.8, 4) is 0 Å². The summed E-state index contributed by atoms with van der Waals surface area (Å²) in [4.78, 5) is 16.5. The number of carbonyl (C=O) groups excluding carboxylic acids is 1. The van der Waals surface area contributed by atoms with E-state index < -0.39 is 5.60 Å².